The normalized spacial score (nSPS) is 12.1. The molecule has 0 aliphatic rings. The predicted molar refractivity (Wildman–Crippen MR) is 157 cm³/mol. The number of carbonyl (C=O) groups is 2. The Hall–Kier alpha value is -2.78. The average Bonchev–Trinajstić information content (AvgIpc) is 2.89. The van der Waals surface area contributed by atoms with Crippen LogP contribution < -0.4 is 9.62 Å². The number of aryl methyl sites for hydroxylation is 1. The number of likely N-dealkylation sites (N-methyl/N-ethyl adjacent to an activating group) is 1. The van der Waals surface area contributed by atoms with E-state index >= 15 is 0 Å². The highest BCUT2D eigenvalue weighted by Gasteiger charge is 2.33. The van der Waals surface area contributed by atoms with E-state index in [1.165, 1.54) is 23.1 Å². The first-order chi connectivity index (χ1) is 18.5. The monoisotopic (exact) mass is 609 g/mol. The minimum atomic E-state index is -4.18. The number of halogens is 3. The highest BCUT2D eigenvalue weighted by atomic mass is 35.5. The van der Waals surface area contributed by atoms with Gasteiger partial charge in [0.2, 0.25) is 11.8 Å². The van der Waals surface area contributed by atoms with Gasteiger partial charge in [-0.3, -0.25) is 13.9 Å². The maximum absolute atomic E-state index is 14.0. The van der Waals surface area contributed by atoms with E-state index in [-0.39, 0.29) is 23.0 Å². The number of nitrogens with one attached hydrogen (secondary N) is 1. The molecule has 2 amide bonds. The molecular formula is C28H30Cl3N3O4S. The summed E-state index contributed by atoms with van der Waals surface area (Å²) in [7, 11) is -4.18. The van der Waals surface area contributed by atoms with E-state index in [1.807, 2.05) is 6.92 Å². The van der Waals surface area contributed by atoms with E-state index in [1.54, 1.807) is 62.4 Å². The van der Waals surface area contributed by atoms with Crippen LogP contribution in [0.15, 0.2) is 71.6 Å². The van der Waals surface area contributed by atoms with Crippen molar-refractivity contribution in [3.63, 3.8) is 0 Å². The van der Waals surface area contributed by atoms with Crippen LogP contribution in [-0.4, -0.2) is 44.3 Å². The molecule has 0 unspecified atom stereocenters. The summed E-state index contributed by atoms with van der Waals surface area (Å²) >= 11 is 18.5. The number of anilines is 1. The van der Waals surface area contributed by atoms with Crippen LogP contribution in [0.4, 0.5) is 5.69 Å². The second kappa shape index (κ2) is 13.5. The Labute approximate surface area is 244 Å². The maximum atomic E-state index is 14.0. The summed E-state index contributed by atoms with van der Waals surface area (Å²) in [6.45, 7) is 5.24. The molecule has 7 nitrogen and oxygen atoms in total. The van der Waals surface area contributed by atoms with Gasteiger partial charge < -0.3 is 10.2 Å². The number of rotatable bonds is 11. The minimum absolute atomic E-state index is 0.0132. The summed E-state index contributed by atoms with van der Waals surface area (Å²) in [5, 5.41) is 3.73. The Kier molecular flexibility index (Phi) is 10.7. The number of hydrogen-bond acceptors (Lipinski definition) is 4. The summed E-state index contributed by atoms with van der Waals surface area (Å²) in [5.74, 6) is -0.918. The molecule has 1 atom stereocenters. The summed E-state index contributed by atoms with van der Waals surface area (Å²) < 4.78 is 28.7. The van der Waals surface area contributed by atoms with Crippen LogP contribution in [-0.2, 0) is 26.2 Å². The molecule has 0 fully saturated rings. The molecule has 0 aromatic heterocycles. The fraction of sp³-hybridized carbons (Fsp3) is 0.286. The second-order valence-electron chi connectivity index (χ2n) is 8.89. The van der Waals surface area contributed by atoms with Crippen LogP contribution >= 0.6 is 34.8 Å². The largest absolute Gasteiger partial charge is 0.355 e. The van der Waals surface area contributed by atoms with Crippen molar-refractivity contribution in [2.24, 2.45) is 0 Å². The van der Waals surface area contributed by atoms with Gasteiger partial charge in [0.25, 0.3) is 10.0 Å². The van der Waals surface area contributed by atoms with Gasteiger partial charge in [-0.25, -0.2) is 8.42 Å². The highest BCUT2D eigenvalue weighted by molar-refractivity contribution is 7.92. The fourth-order valence-corrected chi connectivity index (χ4v) is 5.95. The lowest BCUT2D eigenvalue weighted by atomic mass is 10.1. The van der Waals surface area contributed by atoms with Crippen molar-refractivity contribution < 1.29 is 18.0 Å². The number of hydrogen-bond donors (Lipinski definition) is 1. The first kappa shape index (κ1) is 30.8. The molecule has 0 heterocycles. The molecule has 0 aliphatic heterocycles. The molecule has 0 radical (unpaired) electrons. The average molecular weight is 611 g/mol. The predicted octanol–water partition coefficient (Wildman–Crippen LogP) is 6.09. The van der Waals surface area contributed by atoms with Crippen molar-refractivity contribution in [3.8, 4) is 0 Å². The molecule has 1 N–H and O–H groups in total. The molecule has 0 bridgehead atoms. The molecule has 39 heavy (non-hydrogen) atoms. The smallest absolute Gasteiger partial charge is 0.264 e. The Morgan fingerprint density at radius 2 is 1.62 bits per heavy atom. The lowest BCUT2D eigenvalue weighted by molar-refractivity contribution is -0.140. The molecule has 0 aliphatic carbocycles. The molecule has 0 saturated carbocycles. The van der Waals surface area contributed by atoms with E-state index in [0.717, 1.165) is 9.87 Å². The van der Waals surface area contributed by atoms with Crippen LogP contribution in [0.1, 0.15) is 31.4 Å². The van der Waals surface area contributed by atoms with Crippen LogP contribution in [0.3, 0.4) is 0 Å². The molecule has 0 spiro atoms. The third kappa shape index (κ3) is 7.66. The maximum Gasteiger partial charge on any atom is 0.264 e. The van der Waals surface area contributed by atoms with Gasteiger partial charge in [-0.15, -0.1) is 0 Å². The Balaban J connectivity index is 2.07. The SMILES string of the molecule is CCNC(=O)[C@H](CC)N(Cc1ccc(Cl)c(Cl)c1)C(=O)CN(c1cccc(Cl)c1)S(=O)(=O)c1ccc(C)cc1. The van der Waals surface area contributed by atoms with Crippen LogP contribution in [0.25, 0.3) is 0 Å². The van der Waals surface area contributed by atoms with Gasteiger partial charge in [0.05, 0.1) is 20.6 Å². The number of nitrogens with zero attached hydrogens (tertiary/aromatic N) is 2. The first-order valence-electron chi connectivity index (χ1n) is 12.3. The summed E-state index contributed by atoms with van der Waals surface area (Å²) in [6.07, 6.45) is 0.306. The van der Waals surface area contributed by atoms with Crippen molar-refractivity contribution in [1.82, 2.24) is 10.2 Å². The van der Waals surface area contributed by atoms with E-state index in [0.29, 0.717) is 33.6 Å². The zero-order valence-corrected chi connectivity index (χ0v) is 24.9. The highest BCUT2D eigenvalue weighted by Crippen LogP contribution is 2.28. The molecular weight excluding hydrogens is 581 g/mol. The number of benzene rings is 3. The third-order valence-electron chi connectivity index (χ3n) is 6.06. The third-order valence-corrected chi connectivity index (χ3v) is 8.82. The quantitative estimate of drug-likeness (QED) is 0.285. The lowest BCUT2D eigenvalue weighted by Gasteiger charge is -2.33. The molecule has 3 rings (SSSR count). The van der Waals surface area contributed by atoms with Gasteiger partial charge in [-0.05, 0) is 68.3 Å². The van der Waals surface area contributed by atoms with Gasteiger partial charge in [-0.2, -0.15) is 0 Å². The minimum Gasteiger partial charge on any atom is -0.355 e. The van der Waals surface area contributed by atoms with Crippen LogP contribution in [0.5, 0.6) is 0 Å². The van der Waals surface area contributed by atoms with E-state index in [4.69, 9.17) is 34.8 Å². The molecule has 208 valence electrons. The number of carbonyl (C=O) groups excluding carboxylic acids is 2. The van der Waals surface area contributed by atoms with Crippen molar-refractivity contribution in [3.05, 3.63) is 92.9 Å². The van der Waals surface area contributed by atoms with Crippen molar-refractivity contribution >= 4 is 62.3 Å². The summed E-state index contributed by atoms with van der Waals surface area (Å²) in [4.78, 5) is 28.3. The molecule has 3 aromatic carbocycles. The van der Waals surface area contributed by atoms with E-state index in [2.05, 4.69) is 5.32 Å². The van der Waals surface area contributed by atoms with Gasteiger partial charge in [0.1, 0.15) is 12.6 Å². The van der Waals surface area contributed by atoms with Crippen molar-refractivity contribution in [2.75, 3.05) is 17.4 Å². The summed E-state index contributed by atoms with van der Waals surface area (Å²) in [6, 6.07) is 16.7. The summed E-state index contributed by atoms with van der Waals surface area (Å²) in [5.41, 5.74) is 1.74. The van der Waals surface area contributed by atoms with Crippen LogP contribution in [0.2, 0.25) is 15.1 Å². The number of amides is 2. The molecule has 3 aromatic rings. The first-order valence-corrected chi connectivity index (χ1v) is 14.9. The zero-order valence-electron chi connectivity index (χ0n) is 21.8. The zero-order chi connectivity index (χ0) is 28.7. The van der Waals surface area contributed by atoms with Gasteiger partial charge >= 0.3 is 0 Å². The van der Waals surface area contributed by atoms with Gasteiger partial charge in [0, 0.05) is 18.1 Å². The van der Waals surface area contributed by atoms with Crippen molar-refractivity contribution in [1.29, 1.82) is 0 Å². The Morgan fingerprint density at radius 1 is 0.923 bits per heavy atom. The van der Waals surface area contributed by atoms with Gasteiger partial charge in [0.15, 0.2) is 0 Å². The van der Waals surface area contributed by atoms with E-state index in [9.17, 15) is 18.0 Å². The standard InChI is InChI=1S/C28H30Cl3N3O4S/c1-4-26(28(36)32-5-2)33(17-20-11-14-24(30)25(31)15-20)27(35)18-34(22-8-6-7-21(29)16-22)39(37,38)23-12-9-19(3)10-13-23/h6-16,26H,4-5,17-18H2,1-3H3,(H,32,36)/t26-/m0/s1. The van der Waals surface area contributed by atoms with Crippen molar-refractivity contribution in [2.45, 2.75) is 44.7 Å². The second-order valence-corrected chi connectivity index (χ2v) is 12.0. The molecule has 11 heteroatoms. The fourth-order valence-electron chi connectivity index (χ4n) is 4.04. The topological polar surface area (TPSA) is 86.8 Å². The molecule has 0 saturated heterocycles. The van der Waals surface area contributed by atoms with Gasteiger partial charge in [-0.1, -0.05) is 71.6 Å². The Bertz CT molecular complexity index is 1430. The van der Waals surface area contributed by atoms with Crippen LogP contribution in [0, 0.1) is 6.92 Å². The lowest BCUT2D eigenvalue weighted by Crippen LogP contribution is -2.52. The Morgan fingerprint density at radius 3 is 2.21 bits per heavy atom. The van der Waals surface area contributed by atoms with E-state index < -0.39 is 28.5 Å². The number of sulfonamides is 1.